The van der Waals surface area contributed by atoms with E-state index in [4.69, 9.17) is 0 Å². The van der Waals surface area contributed by atoms with Gasteiger partial charge in [0.05, 0.1) is 6.04 Å². The summed E-state index contributed by atoms with van der Waals surface area (Å²) in [4.78, 5) is 18.1. The molecule has 0 bridgehead atoms. The molecule has 1 amide bonds. The first-order chi connectivity index (χ1) is 14.5. The lowest BCUT2D eigenvalue weighted by molar-refractivity contribution is 0.0827. The molecule has 0 saturated heterocycles. The van der Waals surface area contributed by atoms with E-state index in [1.807, 2.05) is 24.3 Å². The first-order valence-corrected chi connectivity index (χ1v) is 10.2. The molecule has 0 spiro atoms. The number of aliphatic imine (C=N–C) groups is 1. The number of halogens is 1. The second kappa shape index (κ2) is 11.7. The van der Waals surface area contributed by atoms with E-state index in [-0.39, 0.29) is 35.9 Å². The lowest BCUT2D eigenvalue weighted by Gasteiger charge is -2.19. The Labute approximate surface area is 202 Å². The predicted molar refractivity (Wildman–Crippen MR) is 140 cm³/mol. The number of benzene rings is 3. The van der Waals surface area contributed by atoms with Crippen LogP contribution in [-0.2, 0) is 6.42 Å². The zero-order valence-electron chi connectivity index (χ0n) is 18.6. The van der Waals surface area contributed by atoms with Gasteiger partial charge in [0.25, 0.3) is 5.91 Å². The summed E-state index contributed by atoms with van der Waals surface area (Å²) in [7, 11) is 5.31. The molecule has 0 aliphatic carbocycles. The fourth-order valence-corrected chi connectivity index (χ4v) is 3.40. The molecular weight excluding hydrogens is 499 g/mol. The van der Waals surface area contributed by atoms with Crippen LogP contribution in [0.3, 0.4) is 0 Å². The van der Waals surface area contributed by atoms with Crippen LogP contribution in [0.2, 0.25) is 0 Å². The van der Waals surface area contributed by atoms with E-state index in [9.17, 15) is 4.79 Å². The van der Waals surface area contributed by atoms with Gasteiger partial charge in [-0.25, -0.2) is 0 Å². The first-order valence-electron chi connectivity index (χ1n) is 10.2. The molecule has 1 atom stereocenters. The van der Waals surface area contributed by atoms with Crippen molar-refractivity contribution in [2.45, 2.75) is 19.4 Å². The lowest BCUT2D eigenvalue weighted by atomic mass is 10.0. The van der Waals surface area contributed by atoms with Gasteiger partial charge in [-0.2, -0.15) is 0 Å². The summed E-state index contributed by atoms with van der Waals surface area (Å²) >= 11 is 0. The summed E-state index contributed by atoms with van der Waals surface area (Å²) in [6.07, 6.45) is 0.805. The summed E-state index contributed by atoms with van der Waals surface area (Å²) in [5.41, 5.74) is 3.05. The van der Waals surface area contributed by atoms with Crippen LogP contribution in [0.5, 0.6) is 0 Å². The van der Waals surface area contributed by atoms with E-state index in [2.05, 4.69) is 65.0 Å². The van der Waals surface area contributed by atoms with Crippen molar-refractivity contribution in [2.75, 3.05) is 27.7 Å². The fourth-order valence-electron chi connectivity index (χ4n) is 3.40. The Morgan fingerprint density at radius 3 is 2.45 bits per heavy atom. The number of guanidine groups is 1. The number of hydrogen-bond donors (Lipinski definition) is 2. The maximum absolute atomic E-state index is 12.1. The van der Waals surface area contributed by atoms with Crippen molar-refractivity contribution in [3.63, 3.8) is 0 Å². The molecule has 31 heavy (non-hydrogen) atoms. The highest BCUT2D eigenvalue weighted by Gasteiger charge is 2.10. The van der Waals surface area contributed by atoms with Crippen LogP contribution in [0, 0.1) is 0 Å². The van der Waals surface area contributed by atoms with Crippen molar-refractivity contribution >= 4 is 46.6 Å². The van der Waals surface area contributed by atoms with Crippen LogP contribution < -0.4 is 10.6 Å². The van der Waals surface area contributed by atoms with Gasteiger partial charge in [0, 0.05) is 33.3 Å². The van der Waals surface area contributed by atoms with Crippen LogP contribution in [0.15, 0.2) is 71.7 Å². The molecule has 2 N–H and O–H groups in total. The minimum absolute atomic E-state index is 0. The zero-order valence-corrected chi connectivity index (χ0v) is 20.9. The number of nitrogens with one attached hydrogen (secondary N) is 2. The van der Waals surface area contributed by atoms with Gasteiger partial charge in [-0.15, -0.1) is 24.0 Å². The van der Waals surface area contributed by atoms with Gasteiger partial charge in [-0.05, 0) is 53.4 Å². The van der Waals surface area contributed by atoms with Crippen molar-refractivity contribution < 1.29 is 4.79 Å². The Bertz CT molecular complexity index is 1050. The Morgan fingerprint density at radius 1 is 1.00 bits per heavy atom. The van der Waals surface area contributed by atoms with Gasteiger partial charge in [0.1, 0.15) is 0 Å². The van der Waals surface area contributed by atoms with E-state index in [0.717, 1.165) is 24.5 Å². The number of rotatable bonds is 6. The van der Waals surface area contributed by atoms with Crippen LogP contribution in [0.4, 0.5) is 0 Å². The van der Waals surface area contributed by atoms with Gasteiger partial charge in [0.15, 0.2) is 5.96 Å². The molecule has 164 valence electrons. The Morgan fingerprint density at radius 2 is 1.74 bits per heavy atom. The van der Waals surface area contributed by atoms with Gasteiger partial charge in [0.2, 0.25) is 0 Å². The molecule has 5 nitrogen and oxygen atoms in total. The van der Waals surface area contributed by atoms with Crippen LogP contribution in [-0.4, -0.2) is 44.5 Å². The fraction of sp³-hybridized carbons (Fsp3) is 0.280. The van der Waals surface area contributed by atoms with Crippen LogP contribution in [0.1, 0.15) is 34.5 Å². The molecule has 0 fully saturated rings. The molecule has 0 aliphatic heterocycles. The largest absolute Gasteiger partial charge is 0.356 e. The SMILES string of the molecule is CN=C(NCCc1cccc(C(=O)N(C)C)c1)NC(C)c1ccc2ccccc2c1.I. The van der Waals surface area contributed by atoms with E-state index in [1.165, 1.54) is 16.3 Å². The third-order valence-electron chi connectivity index (χ3n) is 5.14. The van der Waals surface area contributed by atoms with E-state index >= 15 is 0 Å². The van der Waals surface area contributed by atoms with Gasteiger partial charge >= 0.3 is 0 Å². The van der Waals surface area contributed by atoms with Crippen molar-refractivity contribution in [3.05, 3.63) is 83.4 Å². The molecule has 1 unspecified atom stereocenters. The number of fused-ring (bicyclic) bond motifs is 1. The van der Waals surface area contributed by atoms with Crippen molar-refractivity contribution in [2.24, 2.45) is 4.99 Å². The van der Waals surface area contributed by atoms with Gasteiger partial charge in [-0.3, -0.25) is 9.79 Å². The smallest absolute Gasteiger partial charge is 0.253 e. The Kier molecular flexibility index (Phi) is 9.30. The molecule has 3 aromatic rings. The summed E-state index contributed by atoms with van der Waals surface area (Å²) in [6.45, 7) is 2.86. The summed E-state index contributed by atoms with van der Waals surface area (Å²) in [6, 6.07) is 22.8. The molecule has 0 aromatic heterocycles. The summed E-state index contributed by atoms with van der Waals surface area (Å²) < 4.78 is 0. The number of carbonyl (C=O) groups is 1. The quantitative estimate of drug-likeness (QED) is 0.278. The first kappa shape index (κ1) is 24.7. The lowest BCUT2D eigenvalue weighted by Crippen LogP contribution is -2.39. The maximum Gasteiger partial charge on any atom is 0.253 e. The summed E-state index contributed by atoms with van der Waals surface area (Å²) in [5.74, 6) is 0.780. The highest BCUT2D eigenvalue weighted by molar-refractivity contribution is 14.0. The monoisotopic (exact) mass is 530 g/mol. The third-order valence-corrected chi connectivity index (χ3v) is 5.14. The third kappa shape index (κ3) is 6.69. The Hall–Kier alpha value is -2.61. The predicted octanol–water partition coefficient (Wildman–Crippen LogP) is 4.63. The van der Waals surface area contributed by atoms with Crippen LogP contribution >= 0.6 is 24.0 Å². The highest BCUT2D eigenvalue weighted by Crippen LogP contribution is 2.20. The highest BCUT2D eigenvalue weighted by atomic mass is 127. The minimum atomic E-state index is 0. The summed E-state index contributed by atoms with van der Waals surface area (Å²) in [5, 5.41) is 9.30. The molecule has 0 heterocycles. The average molecular weight is 530 g/mol. The molecule has 0 saturated carbocycles. The normalized spacial score (nSPS) is 12.1. The number of nitrogens with zero attached hydrogens (tertiary/aromatic N) is 2. The van der Waals surface area contributed by atoms with Crippen molar-refractivity contribution in [1.82, 2.24) is 15.5 Å². The van der Waals surface area contributed by atoms with Gasteiger partial charge in [-0.1, -0.05) is 48.5 Å². The average Bonchev–Trinajstić information content (AvgIpc) is 2.77. The van der Waals surface area contributed by atoms with Crippen LogP contribution in [0.25, 0.3) is 10.8 Å². The second-order valence-electron chi connectivity index (χ2n) is 7.62. The van der Waals surface area contributed by atoms with Crippen molar-refractivity contribution in [1.29, 1.82) is 0 Å². The molecule has 3 rings (SSSR count). The number of carbonyl (C=O) groups excluding carboxylic acids is 1. The topological polar surface area (TPSA) is 56.7 Å². The maximum atomic E-state index is 12.1. The molecule has 0 radical (unpaired) electrons. The number of amides is 1. The van der Waals surface area contributed by atoms with E-state index < -0.39 is 0 Å². The zero-order chi connectivity index (χ0) is 21.5. The molecule has 3 aromatic carbocycles. The number of hydrogen-bond acceptors (Lipinski definition) is 2. The minimum Gasteiger partial charge on any atom is -0.356 e. The molecule has 0 aliphatic rings. The molecular formula is C25H31IN4O. The Balaban J connectivity index is 0.00000341. The van der Waals surface area contributed by atoms with E-state index in [0.29, 0.717) is 5.56 Å². The second-order valence-corrected chi connectivity index (χ2v) is 7.62. The van der Waals surface area contributed by atoms with Crippen molar-refractivity contribution in [3.8, 4) is 0 Å². The molecule has 6 heteroatoms. The standard InChI is InChI=1S/C25H30N4O.HI/c1-18(21-13-12-20-9-5-6-10-22(20)17-21)28-25(26-2)27-15-14-19-8-7-11-23(16-19)24(30)29(3)4;/h5-13,16-18H,14-15H2,1-4H3,(H2,26,27,28);1H. The van der Waals surface area contributed by atoms with Gasteiger partial charge < -0.3 is 15.5 Å². The van der Waals surface area contributed by atoms with E-state index in [1.54, 1.807) is 26.0 Å².